The number of nitrogens with two attached hydrogens (primary N) is 1. The van der Waals surface area contributed by atoms with Gasteiger partial charge in [-0.3, -0.25) is 9.78 Å². The van der Waals surface area contributed by atoms with Crippen molar-refractivity contribution in [3.8, 4) is 5.75 Å². The van der Waals surface area contributed by atoms with Crippen molar-refractivity contribution < 1.29 is 9.53 Å². The Bertz CT molecular complexity index is 833. The molecule has 23 heavy (non-hydrogen) atoms. The number of ketones is 1. The van der Waals surface area contributed by atoms with Gasteiger partial charge in [0.1, 0.15) is 16.4 Å². The van der Waals surface area contributed by atoms with Crippen LogP contribution in [0.15, 0.2) is 48.8 Å². The van der Waals surface area contributed by atoms with Gasteiger partial charge in [-0.25, -0.2) is 4.98 Å². The van der Waals surface area contributed by atoms with Gasteiger partial charge in [0.05, 0.1) is 24.6 Å². The largest absolute Gasteiger partial charge is 0.496 e. The van der Waals surface area contributed by atoms with E-state index in [1.807, 2.05) is 6.07 Å². The van der Waals surface area contributed by atoms with Crippen molar-refractivity contribution in [2.45, 2.75) is 0 Å². The molecule has 2 aromatic heterocycles. The monoisotopic (exact) mass is 326 g/mol. The van der Waals surface area contributed by atoms with Gasteiger partial charge in [0.2, 0.25) is 5.78 Å². The van der Waals surface area contributed by atoms with E-state index in [0.29, 0.717) is 21.3 Å². The first-order chi connectivity index (χ1) is 11.2. The summed E-state index contributed by atoms with van der Waals surface area (Å²) in [5.41, 5.74) is 7.14. The molecule has 3 aromatic rings. The van der Waals surface area contributed by atoms with Crippen LogP contribution in [0.4, 0.5) is 16.6 Å². The van der Waals surface area contributed by atoms with Gasteiger partial charge in [0.15, 0.2) is 5.13 Å². The van der Waals surface area contributed by atoms with Crippen LogP contribution >= 0.6 is 11.3 Å². The fraction of sp³-hybridized carbons (Fsp3) is 0.0625. The summed E-state index contributed by atoms with van der Waals surface area (Å²) in [6.45, 7) is 0. The van der Waals surface area contributed by atoms with Crippen LogP contribution in [0.25, 0.3) is 0 Å². The molecule has 3 N–H and O–H groups in total. The van der Waals surface area contributed by atoms with Crippen LogP contribution in [0.3, 0.4) is 0 Å². The molecule has 0 saturated carbocycles. The Labute approximate surface area is 137 Å². The summed E-state index contributed by atoms with van der Waals surface area (Å²) in [4.78, 5) is 21.3. The summed E-state index contributed by atoms with van der Waals surface area (Å²) < 4.78 is 5.23. The molecule has 0 saturated heterocycles. The van der Waals surface area contributed by atoms with Gasteiger partial charge in [0.25, 0.3) is 0 Å². The molecule has 0 fully saturated rings. The highest BCUT2D eigenvalue weighted by molar-refractivity contribution is 7.18. The molecule has 0 atom stereocenters. The molecule has 0 aliphatic carbocycles. The fourth-order valence-electron chi connectivity index (χ4n) is 2.06. The predicted molar refractivity (Wildman–Crippen MR) is 90.5 cm³/mol. The molecule has 0 spiro atoms. The van der Waals surface area contributed by atoms with Crippen LogP contribution in [-0.2, 0) is 0 Å². The maximum Gasteiger partial charge on any atom is 0.210 e. The van der Waals surface area contributed by atoms with E-state index in [0.717, 1.165) is 5.69 Å². The van der Waals surface area contributed by atoms with Gasteiger partial charge in [0, 0.05) is 6.20 Å². The average molecular weight is 326 g/mol. The molecule has 2 heterocycles. The minimum absolute atomic E-state index is 0.192. The Kier molecular flexibility index (Phi) is 4.20. The number of anilines is 3. The number of pyridine rings is 1. The maximum atomic E-state index is 12.7. The molecule has 6 nitrogen and oxygen atoms in total. The maximum absolute atomic E-state index is 12.7. The van der Waals surface area contributed by atoms with E-state index >= 15 is 0 Å². The van der Waals surface area contributed by atoms with E-state index in [-0.39, 0.29) is 11.6 Å². The van der Waals surface area contributed by atoms with Crippen LogP contribution in [-0.4, -0.2) is 22.9 Å². The summed E-state index contributed by atoms with van der Waals surface area (Å²) in [7, 11) is 1.53. The highest BCUT2D eigenvalue weighted by Crippen LogP contribution is 2.31. The number of methoxy groups -OCH3 is 1. The second-order valence-electron chi connectivity index (χ2n) is 4.63. The summed E-state index contributed by atoms with van der Waals surface area (Å²) in [6, 6.07) is 10.7. The molecule has 0 radical (unpaired) electrons. The zero-order chi connectivity index (χ0) is 16.2. The van der Waals surface area contributed by atoms with Crippen LogP contribution < -0.4 is 15.8 Å². The van der Waals surface area contributed by atoms with Crippen molar-refractivity contribution in [1.82, 2.24) is 9.97 Å². The second kappa shape index (κ2) is 6.45. The first-order valence-corrected chi connectivity index (χ1v) is 7.61. The van der Waals surface area contributed by atoms with Gasteiger partial charge in [-0.15, -0.1) is 0 Å². The Morgan fingerprint density at radius 1 is 1.26 bits per heavy atom. The smallest absolute Gasteiger partial charge is 0.210 e. The first-order valence-electron chi connectivity index (χ1n) is 6.80. The minimum Gasteiger partial charge on any atom is -0.496 e. The van der Waals surface area contributed by atoms with Crippen LogP contribution in [0.1, 0.15) is 15.2 Å². The Balaban J connectivity index is 1.90. The first kappa shape index (κ1) is 15.0. The fourth-order valence-corrected chi connectivity index (χ4v) is 2.92. The number of para-hydroxylation sites is 1. The molecule has 0 bridgehead atoms. The van der Waals surface area contributed by atoms with Crippen LogP contribution in [0, 0.1) is 0 Å². The lowest BCUT2D eigenvalue weighted by molar-refractivity contribution is 0.104. The molecule has 0 unspecified atom stereocenters. The predicted octanol–water partition coefficient (Wildman–Crippen LogP) is 3.10. The van der Waals surface area contributed by atoms with Gasteiger partial charge < -0.3 is 15.8 Å². The second-order valence-corrected chi connectivity index (χ2v) is 5.63. The topological polar surface area (TPSA) is 90.1 Å². The number of hydrogen-bond acceptors (Lipinski definition) is 7. The van der Waals surface area contributed by atoms with E-state index in [9.17, 15) is 4.79 Å². The molecule has 1 aromatic carbocycles. The Hall–Kier alpha value is -2.93. The van der Waals surface area contributed by atoms with Gasteiger partial charge in [-0.2, -0.15) is 0 Å². The number of carbonyl (C=O) groups excluding carboxylic acids is 1. The van der Waals surface area contributed by atoms with Crippen molar-refractivity contribution in [2.24, 2.45) is 0 Å². The summed E-state index contributed by atoms with van der Waals surface area (Å²) in [5, 5.41) is 3.62. The molecule has 0 amide bonds. The van der Waals surface area contributed by atoms with Gasteiger partial charge >= 0.3 is 0 Å². The number of rotatable bonds is 5. The molecule has 0 aliphatic rings. The zero-order valence-electron chi connectivity index (χ0n) is 12.3. The van der Waals surface area contributed by atoms with Crippen molar-refractivity contribution >= 4 is 33.8 Å². The average Bonchev–Trinajstić information content (AvgIpc) is 2.95. The SMILES string of the molecule is COc1ccccc1C(=O)c1sc(Nc2cccnc2)nc1N. The lowest BCUT2D eigenvalue weighted by Gasteiger charge is -2.05. The number of benzene rings is 1. The number of hydrogen-bond donors (Lipinski definition) is 2. The quantitative estimate of drug-likeness (QED) is 0.700. The van der Waals surface area contributed by atoms with E-state index in [1.54, 1.807) is 42.7 Å². The van der Waals surface area contributed by atoms with Crippen molar-refractivity contribution in [3.63, 3.8) is 0 Å². The van der Waals surface area contributed by atoms with Crippen molar-refractivity contribution in [2.75, 3.05) is 18.2 Å². The third-order valence-electron chi connectivity index (χ3n) is 3.12. The highest BCUT2D eigenvalue weighted by atomic mass is 32.1. The minimum atomic E-state index is -0.211. The lowest BCUT2D eigenvalue weighted by atomic mass is 10.1. The van der Waals surface area contributed by atoms with E-state index in [4.69, 9.17) is 10.5 Å². The molecule has 0 aliphatic heterocycles. The molecule has 7 heteroatoms. The number of carbonyl (C=O) groups is 1. The highest BCUT2D eigenvalue weighted by Gasteiger charge is 2.20. The summed E-state index contributed by atoms with van der Waals surface area (Å²) in [6.07, 6.45) is 3.34. The Morgan fingerprint density at radius 3 is 2.83 bits per heavy atom. The van der Waals surface area contributed by atoms with E-state index in [1.165, 1.54) is 18.4 Å². The third kappa shape index (κ3) is 3.14. The number of thiazole rings is 1. The van der Waals surface area contributed by atoms with Crippen LogP contribution in [0.5, 0.6) is 5.75 Å². The molecule has 3 rings (SSSR count). The van der Waals surface area contributed by atoms with Crippen molar-refractivity contribution in [1.29, 1.82) is 0 Å². The molecule has 116 valence electrons. The van der Waals surface area contributed by atoms with Gasteiger partial charge in [-0.05, 0) is 24.3 Å². The Morgan fingerprint density at radius 2 is 2.09 bits per heavy atom. The third-order valence-corrected chi connectivity index (χ3v) is 4.11. The summed E-state index contributed by atoms with van der Waals surface area (Å²) >= 11 is 1.20. The number of nitrogens with zero attached hydrogens (tertiary/aromatic N) is 2. The van der Waals surface area contributed by atoms with Gasteiger partial charge in [-0.1, -0.05) is 23.5 Å². The van der Waals surface area contributed by atoms with Crippen LogP contribution in [0.2, 0.25) is 0 Å². The molecular formula is C16H14N4O2S. The number of nitrogen functional groups attached to an aromatic ring is 1. The standard InChI is InChI=1S/C16H14N4O2S/c1-22-12-7-3-2-6-11(12)13(21)14-15(17)20-16(23-14)19-10-5-4-8-18-9-10/h2-9H,17H2,1H3,(H,19,20). The van der Waals surface area contributed by atoms with E-state index < -0.39 is 0 Å². The zero-order valence-corrected chi connectivity index (χ0v) is 13.1. The number of nitrogens with one attached hydrogen (secondary N) is 1. The lowest BCUT2D eigenvalue weighted by Crippen LogP contribution is -2.04. The van der Waals surface area contributed by atoms with E-state index in [2.05, 4.69) is 15.3 Å². The van der Waals surface area contributed by atoms with Crippen molar-refractivity contribution in [3.05, 3.63) is 59.2 Å². The number of aromatic nitrogens is 2. The number of ether oxygens (including phenoxy) is 1. The molecular weight excluding hydrogens is 312 g/mol. The summed E-state index contributed by atoms with van der Waals surface area (Å²) in [5.74, 6) is 0.487. The normalized spacial score (nSPS) is 10.3.